The highest BCUT2D eigenvalue weighted by molar-refractivity contribution is 5.90. The summed E-state index contributed by atoms with van der Waals surface area (Å²) in [5.74, 6) is -1.65. The van der Waals surface area contributed by atoms with Gasteiger partial charge in [0.25, 0.3) is 0 Å². The molecule has 0 radical (unpaired) electrons. The van der Waals surface area contributed by atoms with Crippen molar-refractivity contribution in [1.82, 2.24) is 9.88 Å². The maximum absolute atomic E-state index is 12.2. The summed E-state index contributed by atoms with van der Waals surface area (Å²) in [7, 11) is 1.57. The van der Waals surface area contributed by atoms with Gasteiger partial charge in [0, 0.05) is 12.7 Å². The number of rotatable bonds is 3. The van der Waals surface area contributed by atoms with Gasteiger partial charge in [0.15, 0.2) is 0 Å². The number of likely N-dealkylation sites (N-methyl/N-ethyl adjacent to an activating group) is 1. The Morgan fingerprint density at radius 2 is 2.10 bits per heavy atom. The molecule has 114 valence electrons. The third-order valence-electron chi connectivity index (χ3n) is 3.65. The van der Waals surface area contributed by atoms with Crippen molar-refractivity contribution in [3.05, 3.63) is 23.5 Å². The highest BCUT2D eigenvalue weighted by Crippen LogP contribution is 2.20. The SMILES string of the molecule is Cc1ccc(NC(=O)N(C)C2COCC2C(=O)O)c(C)n1. The number of carboxylic acid groups (broad SMARTS) is 1. The Hall–Kier alpha value is -2.15. The van der Waals surface area contributed by atoms with Crippen molar-refractivity contribution in [1.29, 1.82) is 0 Å². The van der Waals surface area contributed by atoms with E-state index in [1.165, 1.54) is 4.90 Å². The molecule has 1 aliphatic heterocycles. The van der Waals surface area contributed by atoms with Crippen LogP contribution in [-0.4, -0.2) is 53.3 Å². The molecule has 21 heavy (non-hydrogen) atoms. The number of aliphatic carboxylic acids is 1. The Morgan fingerprint density at radius 1 is 1.38 bits per heavy atom. The number of carbonyl (C=O) groups excluding carboxylic acids is 1. The fraction of sp³-hybridized carbons (Fsp3) is 0.500. The van der Waals surface area contributed by atoms with Gasteiger partial charge in [0.1, 0.15) is 5.92 Å². The Bertz CT molecular complexity index is 561. The molecule has 2 amide bonds. The number of ether oxygens (including phenoxy) is 1. The van der Waals surface area contributed by atoms with Crippen molar-refractivity contribution in [2.45, 2.75) is 19.9 Å². The molecule has 0 spiro atoms. The molecule has 2 rings (SSSR count). The van der Waals surface area contributed by atoms with Crippen molar-refractivity contribution in [3.63, 3.8) is 0 Å². The minimum atomic E-state index is -0.953. The van der Waals surface area contributed by atoms with Gasteiger partial charge in [-0.15, -0.1) is 0 Å². The third-order valence-corrected chi connectivity index (χ3v) is 3.65. The van der Waals surface area contributed by atoms with Crippen LogP contribution in [0.1, 0.15) is 11.4 Å². The Labute approximate surface area is 122 Å². The average Bonchev–Trinajstić information content (AvgIpc) is 2.90. The summed E-state index contributed by atoms with van der Waals surface area (Å²) >= 11 is 0. The fourth-order valence-electron chi connectivity index (χ4n) is 2.33. The van der Waals surface area contributed by atoms with Crippen molar-refractivity contribution >= 4 is 17.7 Å². The van der Waals surface area contributed by atoms with Gasteiger partial charge >= 0.3 is 12.0 Å². The van der Waals surface area contributed by atoms with E-state index in [1.807, 2.05) is 6.92 Å². The molecule has 7 heteroatoms. The molecule has 2 N–H and O–H groups in total. The van der Waals surface area contributed by atoms with E-state index in [-0.39, 0.29) is 19.2 Å². The van der Waals surface area contributed by atoms with Crippen LogP contribution in [0.2, 0.25) is 0 Å². The number of urea groups is 1. The van der Waals surface area contributed by atoms with E-state index in [1.54, 1.807) is 26.1 Å². The number of amides is 2. The van der Waals surface area contributed by atoms with Gasteiger partial charge in [-0.3, -0.25) is 9.78 Å². The number of hydrogen-bond acceptors (Lipinski definition) is 4. The van der Waals surface area contributed by atoms with E-state index in [9.17, 15) is 9.59 Å². The molecule has 2 unspecified atom stereocenters. The lowest BCUT2D eigenvalue weighted by Crippen LogP contribution is -2.46. The third kappa shape index (κ3) is 3.30. The Balaban J connectivity index is 2.07. The maximum atomic E-state index is 12.2. The number of aromatic nitrogens is 1. The quantitative estimate of drug-likeness (QED) is 0.875. The van der Waals surface area contributed by atoms with E-state index in [2.05, 4.69) is 10.3 Å². The molecule has 0 aliphatic carbocycles. The van der Waals surface area contributed by atoms with E-state index in [0.717, 1.165) is 5.69 Å². The van der Waals surface area contributed by atoms with Gasteiger partial charge in [-0.1, -0.05) is 0 Å². The molecule has 1 fully saturated rings. The van der Waals surface area contributed by atoms with E-state index >= 15 is 0 Å². The lowest BCUT2D eigenvalue weighted by Gasteiger charge is -2.26. The number of aryl methyl sites for hydroxylation is 2. The summed E-state index contributed by atoms with van der Waals surface area (Å²) in [5.41, 5.74) is 2.20. The summed E-state index contributed by atoms with van der Waals surface area (Å²) < 4.78 is 5.18. The Morgan fingerprint density at radius 3 is 2.71 bits per heavy atom. The van der Waals surface area contributed by atoms with Crippen LogP contribution in [0, 0.1) is 19.8 Å². The molecule has 7 nitrogen and oxygen atoms in total. The average molecular weight is 293 g/mol. The van der Waals surface area contributed by atoms with Gasteiger partial charge in [0.05, 0.1) is 30.6 Å². The van der Waals surface area contributed by atoms with Crippen LogP contribution in [0.25, 0.3) is 0 Å². The molecule has 0 aromatic carbocycles. The zero-order valence-corrected chi connectivity index (χ0v) is 12.3. The molecular formula is C14H19N3O4. The number of nitrogens with one attached hydrogen (secondary N) is 1. The minimum absolute atomic E-state index is 0.128. The van der Waals surface area contributed by atoms with E-state index < -0.39 is 17.9 Å². The maximum Gasteiger partial charge on any atom is 0.321 e. The first-order valence-corrected chi connectivity index (χ1v) is 6.68. The molecule has 1 aromatic rings. The van der Waals surface area contributed by atoms with Crippen LogP contribution in [0.15, 0.2) is 12.1 Å². The van der Waals surface area contributed by atoms with Crippen LogP contribution in [0.3, 0.4) is 0 Å². The summed E-state index contributed by atoms with van der Waals surface area (Å²) in [6.07, 6.45) is 0. The largest absolute Gasteiger partial charge is 0.481 e. The van der Waals surface area contributed by atoms with Crippen molar-refractivity contribution in [2.75, 3.05) is 25.6 Å². The fourth-order valence-corrected chi connectivity index (χ4v) is 2.33. The van der Waals surface area contributed by atoms with E-state index in [0.29, 0.717) is 11.4 Å². The normalized spacial score (nSPS) is 21.1. The first-order chi connectivity index (χ1) is 9.90. The van der Waals surface area contributed by atoms with Gasteiger partial charge in [0.2, 0.25) is 0 Å². The zero-order chi connectivity index (χ0) is 15.6. The number of anilines is 1. The highest BCUT2D eigenvalue weighted by atomic mass is 16.5. The van der Waals surface area contributed by atoms with Crippen molar-refractivity contribution in [2.24, 2.45) is 5.92 Å². The number of hydrogen-bond donors (Lipinski definition) is 2. The van der Waals surface area contributed by atoms with Crippen LogP contribution in [-0.2, 0) is 9.53 Å². The van der Waals surface area contributed by atoms with Gasteiger partial charge < -0.3 is 20.1 Å². The van der Waals surface area contributed by atoms with E-state index in [4.69, 9.17) is 9.84 Å². The number of carbonyl (C=O) groups is 2. The summed E-state index contributed by atoms with van der Waals surface area (Å²) in [6.45, 7) is 4.04. The molecule has 2 atom stereocenters. The van der Waals surface area contributed by atoms with Crippen LogP contribution >= 0.6 is 0 Å². The first-order valence-electron chi connectivity index (χ1n) is 6.68. The molecule has 1 saturated heterocycles. The van der Waals surface area contributed by atoms with Crippen LogP contribution in [0.5, 0.6) is 0 Å². The molecular weight excluding hydrogens is 274 g/mol. The number of carboxylic acids is 1. The summed E-state index contributed by atoms with van der Waals surface area (Å²) in [6, 6.07) is 2.75. The topological polar surface area (TPSA) is 91.8 Å². The minimum Gasteiger partial charge on any atom is -0.481 e. The highest BCUT2D eigenvalue weighted by Gasteiger charge is 2.38. The number of nitrogens with zero attached hydrogens (tertiary/aromatic N) is 2. The lowest BCUT2D eigenvalue weighted by molar-refractivity contribution is -0.142. The van der Waals surface area contributed by atoms with Gasteiger partial charge in [-0.05, 0) is 26.0 Å². The molecule has 1 aliphatic rings. The second kappa shape index (κ2) is 6.09. The smallest absolute Gasteiger partial charge is 0.321 e. The number of pyridine rings is 1. The first kappa shape index (κ1) is 15.2. The predicted octanol–water partition coefficient (Wildman–Crippen LogP) is 1.26. The zero-order valence-electron chi connectivity index (χ0n) is 12.3. The second-order valence-electron chi connectivity index (χ2n) is 5.18. The van der Waals surface area contributed by atoms with Gasteiger partial charge in [-0.2, -0.15) is 0 Å². The predicted molar refractivity (Wildman–Crippen MR) is 76.2 cm³/mol. The van der Waals surface area contributed by atoms with Crippen LogP contribution < -0.4 is 5.32 Å². The summed E-state index contributed by atoms with van der Waals surface area (Å²) in [5, 5.41) is 11.9. The molecule has 1 aromatic heterocycles. The monoisotopic (exact) mass is 293 g/mol. The lowest BCUT2D eigenvalue weighted by atomic mass is 10.0. The molecule has 2 heterocycles. The Kier molecular flexibility index (Phi) is 4.42. The van der Waals surface area contributed by atoms with Crippen molar-refractivity contribution in [3.8, 4) is 0 Å². The van der Waals surface area contributed by atoms with Crippen molar-refractivity contribution < 1.29 is 19.4 Å². The van der Waals surface area contributed by atoms with Gasteiger partial charge in [-0.25, -0.2) is 4.79 Å². The molecule has 0 saturated carbocycles. The second-order valence-corrected chi connectivity index (χ2v) is 5.18. The molecule has 0 bridgehead atoms. The van der Waals surface area contributed by atoms with Crippen LogP contribution in [0.4, 0.5) is 10.5 Å². The standard InChI is InChI=1S/C14H19N3O4/c1-8-4-5-11(9(2)15-8)16-14(20)17(3)12-7-21-6-10(12)13(18)19/h4-5,10,12H,6-7H2,1-3H3,(H,16,20)(H,18,19). The summed E-state index contributed by atoms with van der Waals surface area (Å²) in [4.78, 5) is 29.0.